The molecule has 0 saturated heterocycles. The summed E-state index contributed by atoms with van der Waals surface area (Å²) in [5, 5.41) is 0. The Morgan fingerprint density at radius 1 is 1.44 bits per heavy atom. The summed E-state index contributed by atoms with van der Waals surface area (Å²) >= 11 is 0. The molecule has 1 aromatic rings. The first-order valence-corrected chi connectivity index (χ1v) is 5.64. The zero-order valence-electron chi connectivity index (χ0n) is 10.5. The molecule has 0 amide bonds. The highest BCUT2D eigenvalue weighted by molar-refractivity contribution is 5.59. The van der Waals surface area contributed by atoms with Crippen molar-refractivity contribution in [3.63, 3.8) is 0 Å². The molecule has 16 heavy (non-hydrogen) atoms. The van der Waals surface area contributed by atoms with Gasteiger partial charge in [-0.1, -0.05) is 20.8 Å². The van der Waals surface area contributed by atoms with Gasteiger partial charge in [0.25, 0.3) is 0 Å². The van der Waals surface area contributed by atoms with Crippen LogP contribution in [0.15, 0.2) is 6.33 Å². The lowest BCUT2D eigenvalue weighted by Gasteiger charge is -2.23. The molecule has 0 aliphatic rings. The van der Waals surface area contributed by atoms with Crippen LogP contribution in [0.1, 0.15) is 38.7 Å². The van der Waals surface area contributed by atoms with E-state index < -0.39 is 0 Å². The summed E-state index contributed by atoms with van der Waals surface area (Å²) in [7, 11) is 2.04. The van der Waals surface area contributed by atoms with E-state index in [4.69, 9.17) is 5.84 Å². The maximum atomic E-state index is 5.47. The molecule has 0 saturated carbocycles. The summed E-state index contributed by atoms with van der Waals surface area (Å²) in [6.07, 6.45) is 2.63. The number of nitrogens with zero attached hydrogens (tertiary/aromatic N) is 3. The summed E-state index contributed by atoms with van der Waals surface area (Å²) < 4.78 is 0. The molecule has 0 aromatic carbocycles. The van der Waals surface area contributed by atoms with Crippen LogP contribution in [0.4, 0.5) is 11.6 Å². The topological polar surface area (TPSA) is 67.1 Å². The molecule has 0 aliphatic heterocycles. The van der Waals surface area contributed by atoms with Gasteiger partial charge in [-0.2, -0.15) is 0 Å². The van der Waals surface area contributed by atoms with Crippen LogP contribution < -0.4 is 16.2 Å². The summed E-state index contributed by atoms with van der Waals surface area (Å²) in [5.74, 6) is 7.48. The monoisotopic (exact) mass is 223 g/mol. The lowest BCUT2D eigenvalue weighted by molar-refractivity contribution is 0.791. The Morgan fingerprint density at radius 3 is 2.62 bits per heavy atom. The summed E-state index contributed by atoms with van der Waals surface area (Å²) in [6.45, 7) is 7.35. The highest BCUT2D eigenvalue weighted by Crippen LogP contribution is 2.29. The molecule has 0 unspecified atom stereocenters. The first-order valence-electron chi connectivity index (χ1n) is 5.64. The summed E-state index contributed by atoms with van der Waals surface area (Å²) in [4.78, 5) is 10.6. The maximum absolute atomic E-state index is 5.47. The van der Waals surface area contributed by atoms with Crippen LogP contribution in [-0.4, -0.2) is 23.6 Å². The second-order valence-electron chi connectivity index (χ2n) is 4.18. The minimum atomic E-state index is 0.335. The third kappa shape index (κ3) is 2.61. The zero-order chi connectivity index (χ0) is 12.1. The van der Waals surface area contributed by atoms with Crippen molar-refractivity contribution in [3.8, 4) is 0 Å². The van der Waals surface area contributed by atoms with Crippen molar-refractivity contribution in [2.24, 2.45) is 5.84 Å². The number of hydrogen-bond acceptors (Lipinski definition) is 5. The van der Waals surface area contributed by atoms with Crippen molar-refractivity contribution in [3.05, 3.63) is 11.9 Å². The van der Waals surface area contributed by atoms with Gasteiger partial charge in [-0.15, -0.1) is 0 Å². The van der Waals surface area contributed by atoms with Gasteiger partial charge in [-0.25, -0.2) is 15.8 Å². The molecule has 0 aliphatic carbocycles. The van der Waals surface area contributed by atoms with E-state index in [0.29, 0.717) is 11.7 Å². The second kappa shape index (κ2) is 5.65. The molecule has 0 radical (unpaired) electrons. The lowest BCUT2D eigenvalue weighted by atomic mass is 10.0. The molecule has 1 rings (SSSR count). The predicted molar refractivity (Wildman–Crippen MR) is 67.5 cm³/mol. The number of nitrogen functional groups attached to an aromatic ring is 1. The number of nitrogens with one attached hydrogen (secondary N) is 1. The number of hydrazine groups is 1. The Hall–Kier alpha value is -1.36. The Morgan fingerprint density at radius 2 is 2.12 bits per heavy atom. The lowest BCUT2D eigenvalue weighted by Crippen LogP contribution is -2.23. The van der Waals surface area contributed by atoms with E-state index in [1.807, 2.05) is 7.05 Å². The van der Waals surface area contributed by atoms with Gasteiger partial charge >= 0.3 is 0 Å². The van der Waals surface area contributed by atoms with E-state index in [9.17, 15) is 0 Å². The van der Waals surface area contributed by atoms with Crippen LogP contribution in [0, 0.1) is 0 Å². The molecule has 0 fully saturated rings. The Bertz CT molecular complexity index is 337. The second-order valence-corrected chi connectivity index (χ2v) is 4.18. The molecule has 5 heteroatoms. The van der Waals surface area contributed by atoms with Crippen LogP contribution in [0.25, 0.3) is 0 Å². The molecule has 1 aromatic heterocycles. The Labute approximate surface area is 97.0 Å². The number of aromatic nitrogens is 2. The van der Waals surface area contributed by atoms with Gasteiger partial charge in [0.15, 0.2) is 0 Å². The van der Waals surface area contributed by atoms with Crippen LogP contribution >= 0.6 is 0 Å². The van der Waals surface area contributed by atoms with E-state index >= 15 is 0 Å². The summed E-state index contributed by atoms with van der Waals surface area (Å²) in [6, 6.07) is 0. The van der Waals surface area contributed by atoms with Crippen LogP contribution in [-0.2, 0) is 0 Å². The van der Waals surface area contributed by atoms with Crippen LogP contribution in [0.2, 0.25) is 0 Å². The van der Waals surface area contributed by atoms with Gasteiger partial charge in [0, 0.05) is 19.2 Å². The molecule has 0 bridgehead atoms. The highest BCUT2D eigenvalue weighted by Gasteiger charge is 2.16. The van der Waals surface area contributed by atoms with Crippen LogP contribution in [0.5, 0.6) is 0 Å². The number of rotatable bonds is 5. The fourth-order valence-corrected chi connectivity index (χ4v) is 1.78. The van der Waals surface area contributed by atoms with E-state index in [2.05, 4.69) is 41.1 Å². The van der Waals surface area contributed by atoms with Gasteiger partial charge in [0.2, 0.25) is 0 Å². The fraction of sp³-hybridized carbons (Fsp3) is 0.636. The first-order chi connectivity index (χ1) is 7.61. The SMILES string of the molecule is CCCN(C)c1ncnc(NN)c1C(C)C. The Balaban J connectivity index is 3.16. The van der Waals surface area contributed by atoms with Crippen molar-refractivity contribution in [1.29, 1.82) is 0 Å². The smallest absolute Gasteiger partial charge is 0.148 e. The quantitative estimate of drug-likeness (QED) is 0.588. The highest BCUT2D eigenvalue weighted by atomic mass is 15.3. The molecule has 3 N–H and O–H groups in total. The average Bonchev–Trinajstić information content (AvgIpc) is 2.28. The van der Waals surface area contributed by atoms with E-state index in [1.54, 1.807) is 6.33 Å². The van der Waals surface area contributed by atoms with Gasteiger partial charge in [-0.05, 0) is 12.3 Å². The molecular weight excluding hydrogens is 202 g/mol. The first kappa shape index (κ1) is 12.7. The van der Waals surface area contributed by atoms with Crippen molar-refractivity contribution in [2.75, 3.05) is 23.9 Å². The minimum Gasteiger partial charge on any atom is -0.359 e. The molecule has 5 nitrogen and oxygen atoms in total. The number of hydrogen-bond donors (Lipinski definition) is 2. The van der Waals surface area contributed by atoms with Crippen molar-refractivity contribution >= 4 is 11.6 Å². The third-order valence-corrected chi connectivity index (χ3v) is 2.50. The van der Waals surface area contributed by atoms with Gasteiger partial charge in [-0.3, -0.25) is 0 Å². The predicted octanol–water partition coefficient (Wildman–Crippen LogP) is 1.73. The normalized spacial score (nSPS) is 10.6. The van der Waals surface area contributed by atoms with E-state index in [0.717, 1.165) is 24.3 Å². The number of anilines is 2. The third-order valence-electron chi connectivity index (χ3n) is 2.50. The van der Waals surface area contributed by atoms with Crippen molar-refractivity contribution in [1.82, 2.24) is 9.97 Å². The van der Waals surface area contributed by atoms with Gasteiger partial charge in [0.05, 0.1) is 0 Å². The minimum absolute atomic E-state index is 0.335. The molecule has 0 spiro atoms. The summed E-state index contributed by atoms with van der Waals surface area (Å²) in [5.41, 5.74) is 3.71. The van der Waals surface area contributed by atoms with Gasteiger partial charge < -0.3 is 10.3 Å². The Kier molecular flexibility index (Phi) is 4.49. The zero-order valence-corrected chi connectivity index (χ0v) is 10.5. The average molecular weight is 223 g/mol. The number of nitrogens with two attached hydrogens (primary N) is 1. The molecule has 1 heterocycles. The maximum Gasteiger partial charge on any atom is 0.148 e. The van der Waals surface area contributed by atoms with Gasteiger partial charge in [0.1, 0.15) is 18.0 Å². The molecule has 90 valence electrons. The van der Waals surface area contributed by atoms with E-state index in [1.165, 1.54) is 0 Å². The molecule has 0 atom stereocenters. The largest absolute Gasteiger partial charge is 0.359 e. The molecular formula is C11H21N5. The standard InChI is InChI=1S/C11H21N5/c1-5-6-16(4)11-9(8(2)3)10(15-12)13-7-14-11/h7-8H,5-6,12H2,1-4H3,(H,13,14,15). The van der Waals surface area contributed by atoms with Crippen LogP contribution in [0.3, 0.4) is 0 Å². The van der Waals surface area contributed by atoms with Crippen molar-refractivity contribution < 1.29 is 0 Å². The van der Waals surface area contributed by atoms with E-state index in [-0.39, 0.29) is 0 Å². The van der Waals surface area contributed by atoms with Crippen molar-refractivity contribution in [2.45, 2.75) is 33.1 Å². The fourth-order valence-electron chi connectivity index (χ4n) is 1.78.